The molecule has 7 nitrogen and oxygen atoms in total. The number of hydrogen-bond acceptors (Lipinski definition) is 6. The first-order valence-electron chi connectivity index (χ1n) is 12.3. The van der Waals surface area contributed by atoms with Gasteiger partial charge < -0.3 is 20.4 Å². The highest BCUT2D eigenvalue weighted by Gasteiger charge is 2.63. The van der Waals surface area contributed by atoms with E-state index in [1.165, 1.54) is 5.57 Å². The van der Waals surface area contributed by atoms with Gasteiger partial charge in [-0.2, -0.15) is 12.6 Å². The number of carboxylic acids is 1. The van der Waals surface area contributed by atoms with Crippen LogP contribution in [0.15, 0.2) is 16.8 Å². The maximum Gasteiger partial charge on any atom is 0.327 e. The van der Waals surface area contributed by atoms with Crippen LogP contribution in [-0.4, -0.2) is 51.8 Å². The molecule has 34 heavy (non-hydrogen) atoms. The van der Waals surface area contributed by atoms with Crippen LogP contribution in [0, 0.1) is 40.9 Å². The number of fused-ring (bicyclic) bond motifs is 5. The minimum atomic E-state index is -1.13. The lowest BCUT2D eigenvalue weighted by Crippen LogP contribution is -2.54. The van der Waals surface area contributed by atoms with Crippen LogP contribution >= 0.6 is 12.6 Å². The van der Waals surface area contributed by atoms with Crippen molar-refractivity contribution in [1.82, 2.24) is 5.32 Å². The van der Waals surface area contributed by atoms with E-state index in [4.69, 9.17) is 16.4 Å². The first kappa shape index (κ1) is 25.1. The fourth-order valence-corrected chi connectivity index (χ4v) is 7.74. The maximum atomic E-state index is 11.9. The van der Waals surface area contributed by atoms with Crippen LogP contribution in [0.25, 0.3) is 0 Å². The molecule has 0 aromatic rings. The summed E-state index contributed by atoms with van der Waals surface area (Å²) in [5.74, 6) is 2.71. The summed E-state index contributed by atoms with van der Waals surface area (Å²) in [6.07, 6.45) is 15.5. The summed E-state index contributed by atoms with van der Waals surface area (Å²) in [4.78, 5) is 28.2. The third kappa shape index (κ3) is 4.05. The fourth-order valence-electron chi connectivity index (χ4n) is 7.49. The van der Waals surface area contributed by atoms with Gasteiger partial charge >= 0.3 is 5.97 Å². The van der Waals surface area contributed by atoms with E-state index in [-0.39, 0.29) is 23.2 Å². The molecule has 4 aliphatic rings. The second kappa shape index (κ2) is 9.23. The molecule has 7 atom stereocenters. The number of rotatable bonds is 6. The molecule has 4 unspecified atom stereocenters. The van der Waals surface area contributed by atoms with Gasteiger partial charge in [0.15, 0.2) is 6.61 Å². The molecular weight excluding hydrogens is 452 g/mol. The molecule has 0 radical (unpaired) electrons. The lowest BCUT2D eigenvalue weighted by molar-refractivity contribution is -0.141. The van der Waals surface area contributed by atoms with Crippen LogP contribution < -0.4 is 5.32 Å². The molecule has 186 valence electrons. The standard InChI is InChI=1S/C26H36N2O5S/c1-4-26(32)12-9-20-18-6-5-16-13-17(28-33-14-22(29)27-21(15-34)23(30)31)7-10-24(16,2)19(18)8-11-25(20,26)3/h1,13,18-21,32,34H,5-12,14-15H2,2-3H3,(H,27,29)(H,30,31)/b28-17+/t18?,19?,20?,21?,24-,25-,26+/m0/s1. The second-order valence-electron chi connectivity index (χ2n) is 11.0. The third-order valence-electron chi connectivity index (χ3n) is 9.56. The molecule has 0 aliphatic heterocycles. The van der Waals surface area contributed by atoms with Crippen molar-refractivity contribution in [2.24, 2.45) is 33.7 Å². The van der Waals surface area contributed by atoms with Gasteiger partial charge in [-0.25, -0.2) is 4.79 Å². The van der Waals surface area contributed by atoms with Gasteiger partial charge in [-0.15, -0.1) is 6.42 Å². The monoisotopic (exact) mass is 488 g/mol. The molecule has 3 N–H and O–H groups in total. The molecule has 3 saturated carbocycles. The molecule has 0 aromatic heterocycles. The predicted octanol–water partition coefficient (Wildman–Crippen LogP) is 3.19. The Morgan fingerprint density at radius 3 is 2.68 bits per heavy atom. The third-order valence-corrected chi connectivity index (χ3v) is 9.93. The molecular formula is C26H36N2O5S. The van der Waals surface area contributed by atoms with Gasteiger partial charge in [0.2, 0.25) is 0 Å². The molecule has 0 saturated heterocycles. The molecule has 0 bridgehead atoms. The van der Waals surface area contributed by atoms with Gasteiger partial charge in [0.1, 0.15) is 11.6 Å². The minimum Gasteiger partial charge on any atom is -0.480 e. The number of nitrogens with zero attached hydrogens (tertiary/aromatic N) is 1. The number of nitrogens with one attached hydrogen (secondary N) is 1. The van der Waals surface area contributed by atoms with Crippen molar-refractivity contribution in [3.8, 4) is 12.3 Å². The zero-order valence-corrected chi connectivity index (χ0v) is 20.9. The Hall–Kier alpha value is -1.98. The summed E-state index contributed by atoms with van der Waals surface area (Å²) >= 11 is 3.93. The number of thiol groups is 1. The Labute approximate surface area is 207 Å². The Morgan fingerprint density at radius 2 is 2.00 bits per heavy atom. The highest BCUT2D eigenvalue weighted by atomic mass is 32.1. The van der Waals surface area contributed by atoms with Crippen molar-refractivity contribution in [2.75, 3.05) is 12.4 Å². The summed E-state index contributed by atoms with van der Waals surface area (Å²) in [7, 11) is 0. The van der Waals surface area contributed by atoms with Gasteiger partial charge in [-0.05, 0) is 80.6 Å². The number of aliphatic carboxylic acids is 1. The van der Waals surface area contributed by atoms with Crippen LogP contribution in [0.1, 0.15) is 65.2 Å². The molecule has 0 spiro atoms. The topological polar surface area (TPSA) is 108 Å². The zero-order valence-electron chi connectivity index (χ0n) is 20.0. The summed E-state index contributed by atoms with van der Waals surface area (Å²) in [5.41, 5.74) is 1.17. The molecule has 1 amide bonds. The molecule has 4 aliphatic carbocycles. The van der Waals surface area contributed by atoms with Gasteiger partial charge in [-0.1, -0.05) is 30.5 Å². The van der Waals surface area contributed by atoms with Gasteiger partial charge in [0, 0.05) is 11.2 Å². The second-order valence-corrected chi connectivity index (χ2v) is 11.4. The maximum absolute atomic E-state index is 11.9. The van der Waals surface area contributed by atoms with Crippen LogP contribution in [0.2, 0.25) is 0 Å². The van der Waals surface area contributed by atoms with Crippen LogP contribution in [0.3, 0.4) is 0 Å². The van der Waals surface area contributed by atoms with Gasteiger partial charge in [0.05, 0.1) is 5.71 Å². The Bertz CT molecular complexity index is 957. The number of terminal acetylenes is 1. The Morgan fingerprint density at radius 1 is 1.26 bits per heavy atom. The smallest absolute Gasteiger partial charge is 0.327 e. The number of amides is 1. The van der Waals surface area contributed by atoms with E-state index in [0.717, 1.165) is 50.7 Å². The van der Waals surface area contributed by atoms with Gasteiger partial charge in [-0.3, -0.25) is 4.79 Å². The average Bonchev–Trinajstić information content (AvgIpc) is 3.08. The largest absolute Gasteiger partial charge is 0.480 e. The first-order valence-corrected chi connectivity index (χ1v) is 12.9. The highest BCUT2D eigenvalue weighted by Crippen LogP contribution is 2.67. The Balaban J connectivity index is 1.42. The zero-order chi connectivity index (χ0) is 24.7. The number of allylic oxidation sites excluding steroid dienone is 2. The van der Waals surface area contributed by atoms with Crippen molar-refractivity contribution in [1.29, 1.82) is 0 Å². The number of oxime groups is 1. The molecule has 8 heteroatoms. The van der Waals surface area contributed by atoms with E-state index in [1.54, 1.807) is 0 Å². The summed E-state index contributed by atoms with van der Waals surface area (Å²) in [5, 5.41) is 26.7. The minimum absolute atomic E-state index is 0.00443. The van der Waals surface area contributed by atoms with Gasteiger partial charge in [0.25, 0.3) is 5.91 Å². The number of carbonyl (C=O) groups is 2. The van der Waals surface area contributed by atoms with Crippen molar-refractivity contribution >= 4 is 30.2 Å². The van der Waals surface area contributed by atoms with E-state index >= 15 is 0 Å². The average molecular weight is 489 g/mol. The SMILES string of the molecule is C#C[C@@]1(O)CCC2C3CCC4=C/C(=N/OCC(=O)NC(CS)C(=O)O)CC[C@]4(C)C3CC[C@@]21C. The van der Waals surface area contributed by atoms with E-state index in [9.17, 15) is 14.7 Å². The molecule has 0 heterocycles. The lowest BCUT2D eigenvalue weighted by atomic mass is 9.46. The van der Waals surface area contributed by atoms with E-state index in [1.807, 2.05) is 0 Å². The van der Waals surface area contributed by atoms with E-state index in [2.05, 4.69) is 48.9 Å². The summed E-state index contributed by atoms with van der Waals surface area (Å²) in [6, 6.07) is -1.05. The molecule has 3 fully saturated rings. The van der Waals surface area contributed by atoms with Crippen molar-refractivity contribution in [3.63, 3.8) is 0 Å². The predicted molar refractivity (Wildman–Crippen MR) is 132 cm³/mol. The summed E-state index contributed by atoms with van der Waals surface area (Å²) in [6.45, 7) is 4.27. The first-order chi connectivity index (χ1) is 16.1. The number of hydrogen-bond donors (Lipinski definition) is 4. The van der Waals surface area contributed by atoms with Crippen molar-refractivity contribution < 1.29 is 24.6 Å². The van der Waals surface area contributed by atoms with Crippen LogP contribution in [-0.2, 0) is 14.4 Å². The fraction of sp³-hybridized carbons (Fsp3) is 0.731. The van der Waals surface area contributed by atoms with E-state index < -0.39 is 23.5 Å². The number of carboxylic acid groups (broad SMARTS) is 1. The highest BCUT2D eigenvalue weighted by molar-refractivity contribution is 7.80. The van der Waals surface area contributed by atoms with Crippen molar-refractivity contribution in [2.45, 2.75) is 76.9 Å². The normalized spacial score (nSPS) is 40.7. The lowest BCUT2D eigenvalue weighted by Gasteiger charge is -2.58. The number of aliphatic hydroxyl groups is 1. The van der Waals surface area contributed by atoms with E-state index in [0.29, 0.717) is 24.2 Å². The molecule has 0 aromatic carbocycles. The molecule has 4 rings (SSSR count). The van der Waals surface area contributed by atoms with Crippen molar-refractivity contribution in [3.05, 3.63) is 11.6 Å². The quantitative estimate of drug-likeness (QED) is 0.261. The van der Waals surface area contributed by atoms with Crippen LogP contribution in [0.5, 0.6) is 0 Å². The Kier molecular flexibility index (Phi) is 6.82. The summed E-state index contributed by atoms with van der Waals surface area (Å²) < 4.78 is 0. The number of carbonyl (C=O) groups excluding carboxylic acids is 1. The van der Waals surface area contributed by atoms with Crippen LogP contribution in [0.4, 0.5) is 0 Å².